The number of nitrogens with zero attached hydrogens (tertiary/aromatic N) is 2. The minimum absolute atomic E-state index is 0.113. The number of hydrogen-bond acceptors (Lipinski definition) is 4. The number of fused-ring (bicyclic) bond motifs is 1. The molecule has 0 fully saturated rings. The predicted molar refractivity (Wildman–Crippen MR) is 140 cm³/mol. The highest BCUT2D eigenvalue weighted by atomic mass is 16.5. The molecule has 1 aromatic heterocycles. The van der Waals surface area contributed by atoms with Crippen molar-refractivity contribution in [1.82, 2.24) is 15.1 Å². The lowest BCUT2D eigenvalue weighted by Gasteiger charge is -2.27. The Bertz CT molecular complexity index is 1400. The zero-order valence-electron chi connectivity index (χ0n) is 21.1. The molecular weight excluding hydrogens is 450 g/mol. The number of aromatic amines is 1. The van der Waals surface area contributed by atoms with Crippen LogP contribution in [0.25, 0.3) is 11.3 Å². The van der Waals surface area contributed by atoms with Crippen LogP contribution in [0.4, 0.5) is 0 Å². The van der Waals surface area contributed by atoms with Gasteiger partial charge in [0.1, 0.15) is 22.9 Å². The Kier molecular flexibility index (Phi) is 6.27. The topological polar surface area (TPSA) is 78.5 Å². The number of benzene rings is 3. The van der Waals surface area contributed by atoms with Crippen LogP contribution >= 0.6 is 0 Å². The first-order valence-corrected chi connectivity index (χ1v) is 12.4. The van der Waals surface area contributed by atoms with E-state index in [-0.39, 0.29) is 17.7 Å². The third kappa shape index (κ3) is 4.24. The molecule has 6 nitrogen and oxygen atoms in total. The molecular formula is C30H31N3O3. The number of aromatic nitrogens is 2. The van der Waals surface area contributed by atoms with Crippen LogP contribution < -0.4 is 4.74 Å². The summed E-state index contributed by atoms with van der Waals surface area (Å²) in [5.41, 5.74) is 7.52. The molecule has 1 aliphatic heterocycles. The van der Waals surface area contributed by atoms with Crippen LogP contribution in [0.2, 0.25) is 0 Å². The number of hydrogen-bond donors (Lipinski definition) is 2. The van der Waals surface area contributed by atoms with Gasteiger partial charge in [-0.2, -0.15) is 5.10 Å². The van der Waals surface area contributed by atoms with Crippen molar-refractivity contribution >= 4 is 5.91 Å². The summed E-state index contributed by atoms with van der Waals surface area (Å²) in [5, 5.41) is 18.4. The normalized spacial score (nSPS) is 14.8. The van der Waals surface area contributed by atoms with Crippen LogP contribution in [0.5, 0.6) is 11.5 Å². The average molecular weight is 482 g/mol. The van der Waals surface area contributed by atoms with Crippen LogP contribution in [0, 0.1) is 20.8 Å². The van der Waals surface area contributed by atoms with Crippen LogP contribution in [0.15, 0.2) is 60.7 Å². The highest BCUT2D eigenvalue weighted by Gasteiger charge is 2.42. The lowest BCUT2D eigenvalue weighted by atomic mass is 9.93. The van der Waals surface area contributed by atoms with Gasteiger partial charge >= 0.3 is 0 Å². The number of carbonyl (C=O) groups excluding carboxylic acids is 1. The molecule has 0 aliphatic carbocycles. The van der Waals surface area contributed by atoms with E-state index in [0.717, 1.165) is 40.0 Å². The minimum Gasteiger partial charge on any atom is -0.507 e. The van der Waals surface area contributed by atoms with E-state index in [4.69, 9.17) is 4.74 Å². The van der Waals surface area contributed by atoms with Gasteiger partial charge in [-0.1, -0.05) is 55.0 Å². The third-order valence-electron chi connectivity index (χ3n) is 6.68. The molecule has 0 bridgehead atoms. The highest BCUT2D eigenvalue weighted by molar-refractivity contribution is 6.00. The molecule has 36 heavy (non-hydrogen) atoms. The third-order valence-corrected chi connectivity index (χ3v) is 6.68. The molecule has 1 unspecified atom stereocenters. The van der Waals surface area contributed by atoms with E-state index in [2.05, 4.69) is 48.3 Å². The van der Waals surface area contributed by atoms with E-state index in [1.165, 1.54) is 5.56 Å². The number of phenolic OH excluding ortho intramolecular Hbond substituents is 1. The minimum atomic E-state index is -0.382. The summed E-state index contributed by atoms with van der Waals surface area (Å²) in [6.45, 7) is 9.10. The zero-order chi connectivity index (χ0) is 25.4. The Morgan fingerprint density at radius 3 is 2.53 bits per heavy atom. The molecule has 0 spiro atoms. The van der Waals surface area contributed by atoms with Crippen molar-refractivity contribution in [2.45, 2.75) is 46.7 Å². The van der Waals surface area contributed by atoms with Gasteiger partial charge in [0, 0.05) is 17.7 Å². The smallest absolute Gasteiger partial charge is 0.273 e. The quantitative estimate of drug-likeness (QED) is 0.327. The fourth-order valence-corrected chi connectivity index (χ4v) is 5.03. The maximum Gasteiger partial charge on any atom is 0.273 e. The van der Waals surface area contributed by atoms with Crippen molar-refractivity contribution in [1.29, 1.82) is 0 Å². The van der Waals surface area contributed by atoms with E-state index in [0.29, 0.717) is 30.1 Å². The molecule has 1 aliphatic rings. The number of H-pyrrole nitrogens is 1. The molecule has 3 aromatic carbocycles. The fourth-order valence-electron chi connectivity index (χ4n) is 5.03. The first kappa shape index (κ1) is 23.7. The summed E-state index contributed by atoms with van der Waals surface area (Å²) in [7, 11) is 0. The second-order valence-electron chi connectivity index (χ2n) is 9.58. The van der Waals surface area contributed by atoms with Crippen LogP contribution in [-0.4, -0.2) is 32.7 Å². The molecule has 184 valence electrons. The van der Waals surface area contributed by atoms with Crippen LogP contribution in [0.3, 0.4) is 0 Å². The second kappa shape index (κ2) is 9.53. The molecule has 1 atom stereocenters. The summed E-state index contributed by atoms with van der Waals surface area (Å²) in [5.74, 6) is 0.813. The SMILES string of the molecule is CCCOc1cccc(C2c3c(-c4c(C)cc(C)cc4O)n[nH]c3C(=O)N2Cc2ccc(C)cc2)c1. The average Bonchev–Trinajstić information content (AvgIpc) is 3.38. The fraction of sp³-hybridized carbons (Fsp3) is 0.267. The molecule has 0 saturated carbocycles. The summed E-state index contributed by atoms with van der Waals surface area (Å²) in [6, 6.07) is 19.5. The van der Waals surface area contributed by atoms with Crippen molar-refractivity contribution in [3.05, 3.63) is 99.7 Å². The standard InChI is InChI=1S/C30H31N3O3/c1-5-13-36-23-8-6-7-22(16-23)29-26-27(25-20(4)14-19(3)15-24(25)34)31-32-28(26)30(35)33(29)17-21-11-9-18(2)10-12-21/h6-12,14-16,29,34H,5,13,17H2,1-4H3,(H,31,32). The van der Waals surface area contributed by atoms with E-state index in [1.54, 1.807) is 6.07 Å². The van der Waals surface area contributed by atoms with Gasteiger partial charge in [-0.25, -0.2) is 0 Å². The Labute approximate surface area is 211 Å². The molecule has 5 rings (SSSR count). The van der Waals surface area contributed by atoms with E-state index in [9.17, 15) is 9.90 Å². The number of amides is 1. The lowest BCUT2D eigenvalue weighted by molar-refractivity contribution is 0.0730. The number of nitrogens with one attached hydrogen (secondary N) is 1. The zero-order valence-corrected chi connectivity index (χ0v) is 21.1. The largest absolute Gasteiger partial charge is 0.507 e. The lowest BCUT2D eigenvalue weighted by Crippen LogP contribution is -2.29. The van der Waals surface area contributed by atoms with Crippen molar-refractivity contribution in [3.63, 3.8) is 0 Å². The molecule has 4 aromatic rings. The monoisotopic (exact) mass is 481 g/mol. The van der Waals surface area contributed by atoms with Gasteiger partial charge in [0.25, 0.3) is 5.91 Å². The summed E-state index contributed by atoms with van der Waals surface area (Å²) < 4.78 is 5.92. The van der Waals surface area contributed by atoms with Gasteiger partial charge in [-0.3, -0.25) is 9.89 Å². The van der Waals surface area contributed by atoms with E-state index >= 15 is 0 Å². The Balaban J connectivity index is 1.66. The first-order valence-electron chi connectivity index (χ1n) is 12.4. The second-order valence-corrected chi connectivity index (χ2v) is 9.58. The van der Waals surface area contributed by atoms with Crippen molar-refractivity contribution in [2.24, 2.45) is 0 Å². The van der Waals surface area contributed by atoms with Crippen LogP contribution in [-0.2, 0) is 6.54 Å². The molecule has 0 saturated heterocycles. The number of rotatable bonds is 7. The maximum atomic E-state index is 13.7. The first-order chi connectivity index (χ1) is 17.4. The molecule has 2 heterocycles. The number of aromatic hydroxyl groups is 1. The van der Waals surface area contributed by atoms with Gasteiger partial charge in [0.2, 0.25) is 0 Å². The Morgan fingerprint density at radius 2 is 1.81 bits per heavy atom. The molecule has 1 amide bonds. The summed E-state index contributed by atoms with van der Waals surface area (Å²) in [4.78, 5) is 15.6. The van der Waals surface area contributed by atoms with Crippen molar-refractivity contribution in [2.75, 3.05) is 6.61 Å². The van der Waals surface area contributed by atoms with Gasteiger partial charge in [-0.15, -0.1) is 0 Å². The van der Waals surface area contributed by atoms with Gasteiger partial charge < -0.3 is 14.7 Å². The van der Waals surface area contributed by atoms with Gasteiger partial charge in [0.05, 0.1) is 12.6 Å². The highest BCUT2D eigenvalue weighted by Crippen LogP contribution is 2.46. The number of phenols is 1. The predicted octanol–water partition coefficient (Wildman–Crippen LogP) is 6.24. The van der Waals surface area contributed by atoms with Crippen LogP contribution in [0.1, 0.15) is 63.3 Å². The summed E-state index contributed by atoms with van der Waals surface area (Å²) >= 11 is 0. The van der Waals surface area contributed by atoms with E-state index < -0.39 is 0 Å². The summed E-state index contributed by atoms with van der Waals surface area (Å²) in [6.07, 6.45) is 0.910. The number of ether oxygens (including phenoxy) is 1. The van der Waals surface area contributed by atoms with E-state index in [1.807, 2.05) is 49.1 Å². The Hall–Kier alpha value is -4.06. The van der Waals surface area contributed by atoms with Crippen molar-refractivity contribution < 1.29 is 14.6 Å². The Morgan fingerprint density at radius 1 is 1.03 bits per heavy atom. The molecule has 0 radical (unpaired) electrons. The van der Waals surface area contributed by atoms with Crippen molar-refractivity contribution in [3.8, 4) is 22.8 Å². The number of aryl methyl sites for hydroxylation is 3. The molecule has 2 N–H and O–H groups in total. The van der Waals surface area contributed by atoms with Gasteiger partial charge in [0.15, 0.2) is 0 Å². The maximum absolute atomic E-state index is 13.7. The van der Waals surface area contributed by atoms with Gasteiger partial charge in [-0.05, 0) is 67.6 Å². The molecule has 6 heteroatoms. The number of carbonyl (C=O) groups is 1.